The molecule has 1 aromatic carbocycles. The first-order valence-corrected chi connectivity index (χ1v) is 5.63. The molecule has 0 radical (unpaired) electrons. The lowest BCUT2D eigenvalue weighted by Crippen LogP contribution is -2.12. The number of aryl methyl sites for hydroxylation is 1. The van der Waals surface area contributed by atoms with Crippen molar-refractivity contribution in [1.82, 2.24) is 4.98 Å². The minimum Gasteiger partial charge on any atom is -0.322 e. The van der Waals surface area contributed by atoms with Gasteiger partial charge in [-0.15, -0.1) is 0 Å². The number of carbonyl (C=O) groups is 1. The molecule has 0 aliphatic heterocycles. The van der Waals surface area contributed by atoms with E-state index in [2.05, 4.69) is 10.3 Å². The Bertz CT molecular complexity index is 601. The lowest BCUT2D eigenvalue weighted by molar-refractivity contribution is 0.102. The normalized spacial score (nSPS) is 10.2. The summed E-state index contributed by atoms with van der Waals surface area (Å²) in [6.45, 7) is 1.87. The van der Waals surface area contributed by atoms with Crippen LogP contribution in [0.15, 0.2) is 36.5 Å². The molecule has 0 aliphatic carbocycles. The molecule has 1 aromatic heterocycles. The highest BCUT2D eigenvalue weighted by atomic mass is 35.5. The van der Waals surface area contributed by atoms with Gasteiger partial charge in [-0.3, -0.25) is 4.79 Å². The van der Waals surface area contributed by atoms with E-state index < -0.39 is 11.9 Å². The molecule has 0 bridgehead atoms. The predicted molar refractivity (Wildman–Crippen MR) is 68.3 cm³/mol. The molecule has 0 aliphatic rings. The number of pyridine rings is 1. The van der Waals surface area contributed by atoms with E-state index in [1.807, 2.05) is 6.92 Å². The van der Waals surface area contributed by atoms with Gasteiger partial charge in [0.25, 0.3) is 5.91 Å². The maximum Gasteiger partial charge on any atom is 0.255 e. The minimum absolute atomic E-state index is 0.208. The van der Waals surface area contributed by atoms with Crippen LogP contribution in [0.2, 0.25) is 5.02 Å². The summed E-state index contributed by atoms with van der Waals surface area (Å²) >= 11 is 5.95. The molecule has 0 atom stereocenters. The van der Waals surface area contributed by atoms with Crippen LogP contribution >= 0.6 is 11.6 Å². The Hall–Kier alpha value is -1.94. The molecule has 0 unspecified atom stereocenters. The summed E-state index contributed by atoms with van der Waals surface area (Å²) in [6, 6.07) is 7.69. The fraction of sp³-hybridized carbons (Fsp3) is 0.0769. The van der Waals surface area contributed by atoms with E-state index in [4.69, 9.17) is 11.6 Å². The SMILES string of the molecule is Cc1ccc(NC(=O)c2ccnc(F)c2)cc1Cl. The average Bonchev–Trinajstić information content (AvgIpc) is 2.34. The Morgan fingerprint density at radius 1 is 1.33 bits per heavy atom. The summed E-state index contributed by atoms with van der Waals surface area (Å²) in [5.74, 6) is -1.10. The van der Waals surface area contributed by atoms with E-state index in [9.17, 15) is 9.18 Å². The largest absolute Gasteiger partial charge is 0.322 e. The van der Waals surface area contributed by atoms with Gasteiger partial charge in [-0.2, -0.15) is 4.39 Å². The number of rotatable bonds is 2. The molecule has 0 saturated heterocycles. The molecule has 0 saturated carbocycles. The Morgan fingerprint density at radius 3 is 2.78 bits per heavy atom. The van der Waals surface area contributed by atoms with Crippen molar-refractivity contribution in [3.05, 3.63) is 58.6 Å². The molecule has 5 heteroatoms. The summed E-state index contributed by atoms with van der Waals surface area (Å²) in [6.07, 6.45) is 1.24. The van der Waals surface area contributed by atoms with Crippen molar-refractivity contribution in [2.75, 3.05) is 5.32 Å². The minimum atomic E-state index is -0.690. The van der Waals surface area contributed by atoms with Crippen molar-refractivity contribution in [3.63, 3.8) is 0 Å². The quantitative estimate of drug-likeness (QED) is 0.845. The second kappa shape index (κ2) is 5.14. The molecule has 3 nitrogen and oxygen atoms in total. The number of halogens is 2. The summed E-state index contributed by atoms with van der Waals surface area (Å²) in [4.78, 5) is 15.2. The molecule has 0 spiro atoms. The van der Waals surface area contributed by atoms with E-state index in [0.717, 1.165) is 11.6 Å². The van der Waals surface area contributed by atoms with Crippen LogP contribution in [0.3, 0.4) is 0 Å². The standard InChI is InChI=1S/C13H10ClFN2O/c1-8-2-3-10(7-11(8)14)17-13(18)9-4-5-16-12(15)6-9/h2-7H,1H3,(H,17,18). The highest BCUT2D eigenvalue weighted by Crippen LogP contribution is 2.20. The third-order valence-electron chi connectivity index (χ3n) is 2.42. The molecule has 0 fully saturated rings. The van der Waals surface area contributed by atoms with Crippen LogP contribution in [-0.4, -0.2) is 10.9 Å². The van der Waals surface area contributed by atoms with Crippen LogP contribution in [0.1, 0.15) is 15.9 Å². The molecule has 2 aromatic rings. The van der Waals surface area contributed by atoms with Gasteiger partial charge in [-0.25, -0.2) is 4.98 Å². The maximum atomic E-state index is 12.9. The van der Waals surface area contributed by atoms with Crippen molar-refractivity contribution in [1.29, 1.82) is 0 Å². The second-order valence-corrected chi connectivity index (χ2v) is 4.19. The lowest BCUT2D eigenvalue weighted by Gasteiger charge is -2.06. The Kier molecular flexibility index (Phi) is 3.58. The van der Waals surface area contributed by atoms with E-state index in [1.54, 1.807) is 18.2 Å². The molecule has 18 heavy (non-hydrogen) atoms. The molecular weight excluding hydrogens is 255 g/mol. The van der Waals surface area contributed by atoms with Gasteiger partial charge >= 0.3 is 0 Å². The maximum absolute atomic E-state index is 12.9. The molecule has 2 rings (SSSR count). The van der Waals surface area contributed by atoms with Gasteiger partial charge in [0, 0.05) is 28.5 Å². The van der Waals surface area contributed by atoms with Crippen LogP contribution in [-0.2, 0) is 0 Å². The van der Waals surface area contributed by atoms with E-state index in [-0.39, 0.29) is 5.56 Å². The second-order valence-electron chi connectivity index (χ2n) is 3.79. The van der Waals surface area contributed by atoms with Gasteiger partial charge in [0.05, 0.1) is 0 Å². The number of aromatic nitrogens is 1. The summed E-state index contributed by atoms with van der Waals surface area (Å²) in [5.41, 5.74) is 1.69. The topological polar surface area (TPSA) is 42.0 Å². The highest BCUT2D eigenvalue weighted by molar-refractivity contribution is 6.31. The fourth-order valence-electron chi connectivity index (χ4n) is 1.42. The lowest BCUT2D eigenvalue weighted by atomic mass is 10.2. The molecule has 92 valence electrons. The smallest absolute Gasteiger partial charge is 0.255 e. The summed E-state index contributed by atoms with van der Waals surface area (Å²) in [7, 11) is 0. The zero-order valence-corrected chi connectivity index (χ0v) is 10.3. The Balaban J connectivity index is 2.18. The van der Waals surface area contributed by atoms with Crippen molar-refractivity contribution >= 4 is 23.2 Å². The van der Waals surface area contributed by atoms with E-state index in [1.165, 1.54) is 12.3 Å². The Morgan fingerprint density at radius 2 is 2.11 bits per heavy atom. The number of benzene rings is 1. The number of carbonyl (C=O) groups excluding carboxylic acids is 1. The Labute approximate surface area is 109 Å². The average molecular weight is 265 g/mol. The zero-order valence-electron chi connectivity index (χ0n) is 9.58. The third kappa shape index (κ3) is 2.84. The van der Waals surface area contributed by atoms with Crippen LogP contribution in [0.5, 0.6) is 0 Å². The number of amides is 1. The molecular formula is C13H10ClFN2O. The molecule has 1 N–H and O–H groups in total. The predicted octanol–water partition coefficient (Wildman–Crippen LogP) is 3.43. The van der Waals surface area contributed by atoms with Gasteiger partial charge in [0.2, 0.25) is 5.95 Å². The first-order chi connectivity index (χ1) is 8.56. The number of hydrogen-bond donors (Lipinski definition) is 1. The fourth-order valence-corrected chi connectivity index (χ4v) is 1.60. The van der Waals surface area contributed by atoms with Gasteiger partial charge < -0.3 is 5.32 Å². The molecule has 1 heterocycles. The van der Waals surface area contributed by atoms with Crippen molar-refractivity contribution in [2.24, 2.45) is 0 Å². The number of nitrogens with one attached hydrogen (secondary N) is 1. The van der Waals surface area contributed by atoms with Gasteiger partial charge in [-0.1, -0.05) is 17.7 Å². The first-order valence-electron chi connectivity index (χ1n) is 5.25. The highest BCUT2D eigenvalue weighted by Gasteiger charge is 2.08. The number of nitrogens with zero attached hydrogens (tertiary/aromatic N) is 1. The number of anilines is 1. The van der Waals surface area contributed by atoms with Gasteiger partial charge in [0.1, 0.15) is 0 Å². The van der Waals surface area contributed by atoms with Gasteiger partial charge in [0.15, 0.2) is 0 Å². The van der Waals surface area contributed by atoms with Crippen molar-refractivity contribution < 1.29 is 9.18 Å². The zero-order chi connectivity index (χ0) is 13.1. The van der Waals surface area contributed by atoms with E-state index >= 15 is 0 Å². The monoisotopic (exact) mass is 264 g/mol. The number of hydrogen-bond acceptors (Lipinski definition) is 2. The van der Waals surface area contributed by atoms with Crippen molar-refractivity contribution in [3.8, 4) is 0 Å². The van der Waals surface area contributed by atoms with Gasteiger partial charge in [-0.05, 0) is 30.7 Å². The summed E-state index contributed by atoms with van der Waals surface area (Å²) < 4.78 is 12.9. The summed E-state index contributed by atoms with van der Waals surface area (Å²) in [5, 5.41) is 3.20. The van der Waals surface area contributed by atoms with Crippen LogP contribution in [0.25, 0.3) is 0 Å². The third-order valence-corrected chi connectivity index (χ3v) is 2.83. The van der Waals surface area contributed by atoms with Crippen LogP contribution in [0, 0.1) is 12.9 Å². The van der Waals surface area contributed by atoms with Crippen molar-refractivity contribution in [2.45, 2.75) is 6.92 Å². The van der Waals surface area contributed by atoms with Crippen LogP contribution in [0.4, 0.5) is 10.1 Å². The first kappa shape index (κ1) is 12.5. The van der Waals surface area contributed by atoms with Crippen LogP contribution < -0.4 is 5.32 Å². The molecule has 1 amide bonds. The van der Waals surface area contributed by atoms with E-state index in [0.29, 0.717) is 10.7 Å².